The average molecular weight is 610 g/mol. The van der Waals surface area contributed by atoms with E-state index in [1.54, 1.807) is 36.3 Å². The fourth-order valence-electron chi connectivity index (χ4n) is 4.48. The molecule has 2 aromatic heterocycles. The van der Waals surface area contributed by atoms with Gasteiger partial charge in [0.2, 0.25) is 5.95 Å². The van der Waals surface area contributed by atoms with Gasteiger partial charge in [0.25, 0.3) is 0 Å². The zero-order chi connectivity index (χ0) is 31.3. The molecule has 0 saturated heterocycles. The van der Waals surface area contributed by atoms with Crippen LogP contribution in [0.25, 0.3) is 11.3 Å². The summed E-state index contributed by atoms with van der Waals surface area (Å²) in [6, 6.07) is 9.53. The first kappa shape index (κ1) is 31.5. The Hall–Kier alpha value is -3.46. The lowest BCUT2D eigenvalue weighted by Crippen LogP contribution is -2.46. The minimum absolute atomic E-state index is 0.0114. The molecule has 0 radical (unpaired) electrons. The van der Waals surface area contributed by atoms with Gasteiger partial charge in [-0.15, -0.1) is 0 Å². The number of halogens is 1. The van der Waals surface area contributed by atoms with Gasteiger partial charge in [0.1, 0.15) is 16.8 Å². The van der Waals surface area contributed by atoms with Gasteiger partial charge in [-0.3, -0.25) is 9.58 Å². The Morgan fingerprint density at radius 2 is 1.90 bits per heavy atom. The highest BCUT2D eigenvalue weighted by atomic mass is 35.5. The van der Waals surface area contributed by atoms with Crippen LogP contribution in [-0.2, 0) is 21.6 Å². The van der Waals surface area contributed by atoms with Gasteiger partial charge >= 0.3 is 6.09 Å². The summed E-state index contributed by atoms with van der Waals surface area (Å²) in [5.41, 5.74) is 1.79. The van der Waals surface area contributed by atoms with Gasteiger partial charge < -0.3 is 14.5 Å². The maximum atomic E-state index is 13.5. The van der Waals surface area contributed by atoms with Crippen molar-refractivity contribution in [3.05, 3.63) is 46.7 Å². The van der Waals surface area contributed by atoms with Gasteiger partial charge in [0.15, 0.2) is 14.1 Å². The Labute approximate surface area is 254 Å². The lowest BCUT2D eigenvalue weighted by atomic mass is 9.83. The summed E-state index contributed by atoms with van der Waals surface area (Å²) in [6.07, 6.45) is 1.15. The van der Waals surface area contributed by atoms with Crippen LogP contribution in [0.2, 0.25) is 23.3 Å². The number of carbonyl (C=O) groups excluding carboxylic acids is 1. The van der Waals surface area contributed by atoms with E-state index >= 15 is 0 Å². The Bertz CT molecular complexity index is 1530. The molecular weight excluding hydrogens is 570 g/mol. The minimum Gasteiger partial charge on any atom is -0.443 e. The predicted octanol–water partition coefficient (Wildman–Crippen LogP) is 7.18. The highest BCUT2D eigenvalue weighted by Gasteiger charge is 2.47. The monoisotopic (exact) mass is 609 g/mol. The van der Waals surface area contributed by atoms with Crippen LogP contribution in [0.5, 0.6) is 0 Å². The number of carbonyl (C=O) groups is 1. The fraction of sp³-hybridized carbons (Fsp3) is 0.500. The van der Waals surface area contributed by atoms with Gasteiger partial charge in [0, 0.05) is 43.4 Å². The fourth-order valence-corrected chi connectivity index (χ4v) is 5.74. The van der Waals surface area contributed by atoms with E-state index in [-0.39, 0.29) is 5.04 Å². The summed E-state index contributed by atoms with van der Waals surface area (Å²) in [4.78, 5) is 24.1. The minimum atomic E-state index is -2.12. The second-order valence-electron chi connectivity index (χ2n) is 13.6. The summed E-state index contributed by atoms with van der Waals surface area (Å²) >= 11 is 6.13. The third-order valence-electron chi connectivity index (χ3n) is 7.84. The highest BCUT2D eigenvalue weighted by Crippen LogP contribution is 2.47. The number of nitrogens with one attached hydrogen (secondary N) is 1. The van der Waals surface area contributed by atoms with E-state index < -0.39 is 25.4 Å². The number of benzene rings is 1. The number of hydrogen-bond donors (Lipinski definition) is 1. The molecule has 4 rings (SSSR count). The molecule has 1 aliphatic rings. The molecule has 1 N–H and O–H groups in total. The summed E-state index contributed by atoms with van der Waals surface area (Å²) in [5, 5.41) is 18.2. The third kappa shape index (κ3) is 6.46. The topological polar surface area (TPSA) is 118 Å². The van der Waals surface area contributed by atoms with Crippen molar-refractivity contribution in [3.8, 4) is 17.3 Å². The number of aryl methyl sites for hydroxylation is 1. The quantitative estimate of drug-likeness (QED) is 0.292. The maximum Gasteiger partial charge on any atom is 0.414 e. The molecule has 3 aromatic rings. The predicted molar refractivity (Wildman–Crippen MR) is 168 cm³/mol. The van der Waals surface area contributed by atoms with Crippen LogP contribution in [0.1, 0.15) is 59.6 Å². The molecule has 0 aliphatic carbocycles. The molecule has 0 saturated carbocycles. The van der Waals surface area contributed by atoms with E-state index in [0.29, 0.717) is 47.0 Å². The van der Waals surface area contributed by atoms with E-state index in [1.807, 2.05) is 26.8 Å². The molecule has 0 unspecified atom stereocenters. The van der Waals surface area contributed by atoms with Crippen LogP contribution >= 0.6 is 11.6 Å². The zero-order valence-corrected chi connectivity index (χ0v) is 27.8. The molecule has 3 heterocycles. The maximum absolute atomic E-state index is 13.5. The summed E-state index contributed by atoms with van der Waals surface area (Å²) in [6.45, 7) is 19.3. The van der Waals surface area contributed by atoms with Crippen molar-refractivity contribution < 1.29 is 14.0 Å². The molecule has 0 spiro atoms. The number of amides is 1. The molecule has 1 aromatic carbocycles. The first-order chi connectivity index (χ1) is 19.3. The van der Waals surface area contributed by atoms with Crippen molar-refractivity contribution in [2.75, 3.05) is 23.4 Å². The normalized spacial score (nSPS) is 17.1. The molecule has 42 heavy (non-hydrogen) atoms. The Morgan fingerprint density at radius 3 is 2.48 bits per heavy atom. The summed E-state index contributed by atoms with van der Waals surface area (Å²) < 4.78 is 14.0. The first-order valence-corrected chi connectivity index (χ1v) is 17.2. The second-order valence-corrected chi connectivity index (χ2v) is 18.8. The molecule has 1 atom stereocenters. The van der Waals surface area contributed by atoms with Gasteiger partial charge in [-0.2, -0.15) is 10.4 Å². The molecule has 1 amide bonds. The SMILES string of the molecule is Cn1nc(Nc2nccc(-c3cc(C#N)c4c(c3)[C@@](C)(CO[Si](C)(C)C(C)(C)C)CN4C(=O)OC(C)(C)C)n2)cc1Cl. The van der Waals surface area contributed by atoms with Gasteiger partial charge in [0.05, 0.1) is 16.9 Å². The van der Waals surface area contributed by atoms with Crippen molar-refractivity contribution >= 4 is 43.5 Å². The van der Waals surface area contributed by atoms with E-state index in [4.69, 9.17) is 25.7 Å². The van der Waals surface area contributed by atoms with E-state index in [1.165, 1.54) is 4.68 Å². The molecule has 1 aliphatic heterocycles. The van der Waals surface area contributed by atoms with Gasteiger partial charge in [-0.05, 0) is 62.7 Å². The smallest absolute Gasteiger partial charge is 0.414 e. The van der Waals surface area contributed by atoms with Crippen molar-refractivity contribution in [2.24, 2.45) is 7.05 Å². The van der Waals surface area contributed by atoms with E-state index in [0.717, 1.165) is 11.1 Å². The number of ether oxygens (including phenoxy) is 1. The van der Waals surface area contributed by atoms with Crippen LogP contribution in [0.3, 0.4) is 0 Å². The standard InChI is InChI=1S/C30H40ClN7O3Si/c1-28(2,3)41-27(39)38-17-30(7,18-40-42(9,10)29(4,5)6)21-14-19(13-20(16-32)25(21)38)22-11-12-33-26(34-22)35-24-15-23(31)37(8)36-24/h11-15H,17-18H2,1-10H3,(H,33,34,35,36)/t30-/m1/s1. The van der Waals surface area contributed by atoms with E-state index in [2.05, 4.69) is 62.3 Å². The van der Waals surface area contributed by atoms with Crippen molar-refractivity contribution in [1.82, 2.24) is 19.7 Å². The zero-order valence-electron chi connectivity index (χ0n) is 26.1. The van der Waals surface area contributed by atoms with Crippen LogP contribution in [0, 0.1) is 11.3 Å². The van der Waals surface area contributed by atoms with Crippen molar-refractivity contribution in [3.63, 3.8) is 0 Å². The first-order valence-electron chi connectivity index (χ1n) is 13.9. The lowest BCUT2D eigenvalue weighted by Gasteiger charge is -2.39. The Kier molecular flexibility index (Phi) is 8.23. The average Bonchev–Trinajstić information content (AvgIpc) is 3.36. The van der Waals surface area contributed by atoms with Crippen LogP contribution in [0.4, 0.5) is 22.2 Å². The number of aromatic nitrogens is 4. The Balaban J connectivity index is 1.79. The molecule has 12 heteroatoms. The van der Waals surface area contributed by atoms with Gasteiger partial charge in [-0.25, -0.2) is 14.8 Å². The molecule has 0 bridgehead atoms. The molecule has 224 valence electrons. The number of fused-ring (bicyclic) bond motifs is 1. The number of nitrogens with zero attached hydrogens (tertiary/aromatic N) is 6. The van der Waals surface area contributed by atoms with Crippen molar-refractivity contribution in [1.29, 1.82) is 5.26 Å². The molecular formula is C30H40ClN7O3Si. The number of anilines is 3. The van der Waals surface area contributed by atoms with Crippen LogP contribution < -0.4 is 10.2 Å². The van der Waals surface area contributed by atoms with Crippen molar-refractivity contribution in [2.45, 2.75) is 77.6 Å². The largest absolute Gasteiger partial charge is 0.443 e. The number of nitriles is 1. The second kappa shape index (κ2) is 11.0. The highest BCUT2D eigenvalue weighted by molar-refractivity contribution is 6.74. The third-order valence-corrected chi connectivity index (χ3v) is 12.7. The Morgan fingerprint density at radius 1 is 1.21 bits per heavy atom. The summed E-state index contributed by atoms with van der Waals surface area (Å²) in [5.74, 6) is 0.843. The van der Waals surface area contributed by atoms with Crippen LogP contribution in [0.15, 0.2) is 30.5 Å². The molecule has 0 fully saturated rings. The number of rotatable bonds is 6. The molecule has 10 nitrogen and oxygen atoms in total. The number of hydrogen-bond acceptors (Lipinski definition) is 8. The van der Waals surface area contributed by atoms with Crippen LogP contribution in [-0.4, -0.2) is 52.9 Å². The lowest BCUT2D eigenvalue weighted by molar-refractivity contribution is 0.0575. The van der Waals surface area contributed by atoms with Gasteiger partial charge in [-0.1, -0.05) is 39.3 Å². The van der Waals surface area contributed by atoms with E-state index in [9.17, 15) is 10.1 Å². The summed E-state index contributed by atoms with van der Waals surface area (Å²) in [7, 11) is -0.379.